The maximum Gasteiger partial charge on any atom is 0.105 e. The van der Waals surface area contributed by atoms with Crippen LogP contribution in [0.1, 0.15) is 2.74 Å². The van der Waals surface area contributed by atoms with E-state index in [1.165, 1.54) is 6.08 Å². The number of hydrogen-bond acceptors (Lipinski definition) is 0. The van der Waals surface area contributed by atoms with E-state index in [9.17, 15) is 0 Å². The monoisotopic (exact) mass is 79.1 g/mol. The summed E-state index contributed by atoms with van der Waals surface area (Å²) in [6.07, 6.45) is 7.23. The van der Waals surface area contributed by atoms with Crippen LogP contribution in [0.3, 0.4) is 0 Å². The van der Waals surface area contributed by atoms with Crippen molar-refractivity contribution in [2.45, 2.75) is 0 Å². The van der Waals surface area contributed by atoms with Gasteiger partial charge in [0.1, 0.15) is 13.5 Å². The van der Waals surface area contributed by atoms with Crippen LogP contribution in [-0.2, 0) is 0 Å². The minimum Gasteiger partial charge on any atom is 0.0395 e. The highest BCUT2D eigenvalue weighted by molar-refractivity contribution is 5.18. The summed E-state index contributed by atoms with van der Waals surface area (Å²) in [4.78, 5) is 0. The predicted molar refractivity (Wildman–Crippen MR) is 26.1 cm³/mol. The zero-order valence-corrected chi connectivity index (χ0v) is 3.23. The number of hydrogen-bond donors (Lipinski definition) is 0. The summed E-state index contributed by atoms with van der Waals surface area (Å²) in [5.74, 6) is 0. The summed E-state index contributed by atoms with van der Waals surface area (Å²) < 4.78 is 14.0. The molecule has 0 aromatic heterocycles. The van der Waals surface area contributed by atoms with Crippen LogP contribution < -0.4 is 0 Å². The average Bonchev–Trinajstić information content (AvgIpc) is 1.64. The van der Waals surface area contributed by atoms with E-state index in [0.717, 1.165) is 0 Å². The molecule has 0 aromatic carbocycles. The van der Waals surface area contributed by atoms with Gasteiger partial charge in [-0.05, 0) is 0 Å². The van der Waals surface area contributed by atoms with Crippen LogP contribution in [0.4, 0.5) is 0 Å². The molecule has 1 aliphatic carbocycles. The van der Waals surface area contributed by atoms with Crippen molar-refractivity contribution >= 4 is 0 Å². The van der Waals surface area contributed by atoms with Crippen molar-refractivity contribution in [1.82, 2.24) is 0 Å². The molecule has 0 spiro atoms. The molecule has 0 heterocycles. The minimum atomic E-state index is 0.275. The lowest BCUT2D eigenvalue weighted by molar-refractivity contribution is 1.75. The van der Waals surface area contributed by atoms with Gasteiger partial charge in [-0.1, -0.05) is 0 Å². The first-order chi connectivity index (χ1) is 3.79. The van der Waals surface area contributed by atoms with Gasteiger partial charge in [-0.15, -0.1) is 0 Å². The van der Waals surface area contributed by atoms with Crippen LogP contribution in [-0.4, -0.2) is 0 Å². The summed E-state index contributed by atoms with van der Waals surface area (Å²) >= 11 is 0. The minimum absolute atomic E-state index is 0.275. The van der Waals surface area contributed by atoms with Gasteiger partial charge in [0.05, 0.1) is 1.37 Å². The fourth-order valence-corrected chi connectivity index (χ4v) is 0.269. The lowest BCUT2D eigenvalue weighted by Gasteiger charge is -1.64. The second kappa shape index (κ2) is 1.54. The van der Waals surface area contributed by atoms with Crippen LogP contribution >= 0.6 is 0 Å². The molecule has 28 valence electrons. The van der Waals surface area contributed by atoms with E-state index in [4.69, 9.17) is 2.74 Å². The molecule has 0 bridgehead atoms. The third kappa shape index (κ3) is 0.540. The molecule has 0 heteroatoms. The zero-order valence-electron chi connectivity index (χ0n) is 5.23. The molecule has 0 unspecified atom stereocenters. The second-order valence-corrected chi connectivity index (χ2v) is 0.933. The normalized spacial score (nSPS) is 22.7. The molecule has 0 radical (unpaired) electrons. The quantitative estimate of drug-likeness (QED) is 0.386. The number of rotatable bonds is 0. The van der Waals surface area contributed by atoms with E-state index in [2.05, 4.69) is 6.08 Å². The molecule has 0 aromatic rings. The lowest BCUT2D eigenvalue weighted by Crippen LogP contribution is -1.56. The topological polar surface area (TPSA) is 0 Å². The fourth-order valence-electron chi connectivity index (χ4n) is 0.269. The molecule has 0 nitrogen and oxygen atoms in total. The predicted octanol–water partition coefficient (Wildman–Crippen LogP) is 1.47. The first kappa shape index (κ1) is 1.72. The Kier molecular flexibility index (Phi) is 0.441. The van der Waals surface area contributed by atoms with Crippen molar-refractivity contribution in [3.63, 3.8) is 0 Å². The Hall–Kier alpha value is -0.870. The van der Waals surface area contributed by atoms with Gasteiger partial charge in [-0.25, -0.2) is 0 Å². The molecule has 1 aliphatic rings. The molecular weight excluding hydrogens is 72.1 g/mol. The van der Waals surface area contributed by atoms with Crippen molar-refractivity contribution in [2.75, 3.05) is 0 Å². The van der Waals surface area contributed by atoms with Gasteiger partial charge in [-0.3, -0.25) is 0 Å². The van der Waals surface area contributed by atoms with E-state index < -0.39 is 0 Å². The molecule has 1 rings (SSSR count). The average molecular weight is 79.1 g/mol. The highest BCUT2D eigenvalue weighted by atomic mass is 13.7. The Morgan fingerprint density at radius 2 is 2.50 bits per heavy atom. The standard InChI is InChI=1S/C6H5/c1-2-4-6-5-3-1/h1-5H/q+1/i1D,4D. The lowest BCUT2D eigenvalue weighted by atomic mass is 10.3. The highest BCUT2D eigenvalue weighted by Crippen LogP contribution is 1.85. The van der Waals surface area contributed by atoms with Gasteiger partial charge in [0, 0.05) is 24.3 Å². The van der Waals surface area contributed by atoms with Crippen molar-refractivity contribution in [3.05, 3.63) is 36.4 Å². The van der Waals surface area contributed by atoms with Crippen LogP contribution in [0.15, 0.2) is 30.3 Å². The third-order valence-electron chi connectivity index (χ3n) is 0.502. The fraction of sp³-hybridized carbons (Fsp3) is 0. The Morgan fingerprint density at radius 1 is 1.50 bits per heavy atom. The maximum absolute atomic E-state index is 7.00. The van der Waals surface area contributed by atoms with Gasteiger partial charge >= 0.3 is 0 Å². The second-order valence-electron chi connectivity index (χ2n) is 0.933. The Balaban J connectivity index is 2.89. The molecule has 0 fully saturated rings. The maximum atomic E-state index is 7.00. The van der Waals surface area contributed by atoms with Gasteiger partial charge in [0.2, 0.25) is 0 Å². The molecule has 6 heavy (non-hydrogen) atoms. The molecule has 0 aliphatic heterocycles. The third-order valence-corrected chi connectivity index (χ3v) is 0.502. The van der Waals surface area contributed by atoms with Crippen molar-refractivity contribution in [3.8, 4) is 0 Å². The van der Waals surface area contributed by atoms with Crippen molar-refractivity contribution < 1.29 is 2.74 Å². The SMILES string of the molecule is [2H]C1=[C+]C=CC([2H])=C1. The summed E-state index contributed by atoms with van der Waals surface area (Å²) in [6, 6.07) is 0.645. The molecule has 0 N–H and O–H groups in total. The van der Waals surface area contributed by atoms with Crippen LogP contribution in [0.2, 0.25) is 0 Å². The Labute approximate surface area is 40.3 Å². The Bertz CT molecular complexity index is 172. The van der Waals surface area contributed by atoms with Crippen LogP contribution in [0.5, 0.6) is 0 Å². The van der Waals surface area contributed by atoms with E-state index in [-0.39, 0.29) is 6.05 Å². The highest BCUT2D eigenvalue weighted by Gasteiger charge is 1.78. The molecule has 0 saturated carbocycles. The van der Waals surface area contributed by atoms with E-state index in [1.807, 2.05) is 0 Å². The van der Waals surface area contributed by atoms with Crippen LogP contribution in [0.25, 0.3) is 0 Å². The van der Waals surface area contributed by atoms with E-state index in [0.29, 0.717) is 6.05 Å². The Morgan fingerprint density at radius 3 is 3.00 bits per heavy atom. The van der Waals surface area contributed by atoms with Crippen molar-refractivity contribution in [2.24, 2.45) is 0 Å². The van der Waals surface area contributed by atoms with Gasteiger partial charge in [-0.2, -0.15) is 0 Å². The van der Waals surface area contributed by atoms with Gasteiger partial charge in [0.15, 0.2) is 0 Å². The summed E-state index contributed by atoms with van der Waals surface area (Å²) in [6.45, 7) is 0. The summed E-state index contributed by atoms with van der Waals surface area (Å²) in [7, 11) is 0. The van der Waals surface area contributed by atoms with Gasteiger partial charge in [0.25, 0.3) is 0 Å². The summed E-state index contributed by atoms with van der Waals surface area (Å²) in [5, 5.41) is 0. The van der Waals surface area contributed by atoms with Crippen molar-refractivity contribution in [1.29, 1.82) is 0 Å². The molecule has 0 saturated heterocycles. The molecular formula is C6H5+. The summed E-state index contributed by atoms with van der Waals surface area (Å²) in [5.41, 5.74) is 0. The smallest absolute Gasteiger partial charge is 0.0395 e. The van der Waals surface area contributed by atoms with Crippen LogP contribution in [0, 0.1) is 6.08 Å². The largest absolute Gasteiger partial charge is 0.105 e. The molecule has 0 amide bonds. The first-order valence-corrected chi connectivity index (χ1v) is 1.74. The van der Waals surface area contributed by atoms with E-state index >= 15 is 0 Å². The number of allylic oxidation sites excluding steroid dienone is 6. The van der Waals surface area contributed by atoms with E-state index in [1.54, 1.807) is 12.2 Å². The van der Waals surface area contributed by atoms with Gasteiger partial charge < -0.3 is 0 Å². The first-order valence-electron chi connectivity index (χ1n) is 2.74. The zero-order chi connectivity index (χ0) is 5.98. The molecule has 0 atom stereocenters.